The molecule has 0 fully saturated rings. The number of hydrogen-bond donors (Lipinski definition) is 0. The van der Waals surface area contributed by atoms with E-state index in [2.05, 4.69) is 259 Å². The topological polar surface area (TPSA) is 6.48 Å². The lowest BCUT2D eigenvalue weighted by molar-refractivity contribution is 0.632. The van der Waals surface area contributed by atoms with Gasteiger partial charge in [-0.2, -0.15) is 0 Å². The molecule has 0 radical (unpaired) electrons. The summed E-state index contributed by atoms with van der Waals surface area (Å²) < 4.78 is 0. The molecule has 0 aliphatic carbocycles. The maximum absolute atomic E-state index is 2.66. The van der Waals surface area contributed by atoms with Gasteiger partial charge in [-0.15, -0.1) is 0 Å². The van der Waals surface area contributed by atoms with E-state index >= 15 is 0 Å². The van der Waals surface area contributed by atoms with Gasteiger partial charge in [-0.25, -0.2) is 0 Å². The molecule has 0 bridgehead atoms. The third-order valence-corrected chi connectivity index (χ3v) is 14.6. The molecule has 0 saturated heterocycles. The molecule has 2 aliphatic rings. The SMILES string of the molecule is CCCCCCCc1cc2c3c(c1)N(c1c(-c4ccccc4)cccc1-c1ccccc1)c1ccc(-c4ccccc4)cc1B3c1cc(-c3ccccc3)ccc1N2c1ccccc1-c1ccccc1. The van der Waals surface area contributed by atoms with Gasteiger partial charge in [0.15, 0.2) is 0 Å². The number of unbranched alkanes of at least 4 members (excludes halogenated alkanes) is 4. The van der Waals surface area contributed by atoms with Gasteiger partial charge >= 0.3 is 0 Å². The number of fused-ring (bicyclic) bond motifs is 4. The molecule has 70 heavy (non-hydrogen) atoms. The predicted octanol–water partition coefficient (Wildman–Crippen LogP) is 16.6. The summed E-state index contributed by atoms with van der Waals surface area (Å²) >= 11 is 0. The van der Waals surface area contributed by atoms with E-state index in [9.17, 15) is 0 Å². The van der Waals surface area contributed by atoms with Crippen molar-refractivity contribution in [1.29, 1.82) is 0 Å². The van der Waals surface area contributed by atoms with E-state index < -0.39 is 0 Å². The largest absolute Gasteiger partial charge is 0.311 e. The van der Waals surface area contributed by atoms with Gasteiger partial charge in [0.05, 0.1) is 11.4 Å². The number of para-hydroxylation sites is 2. The molecule has 0 spiro atoms. The van der Waals surface area contributed by atoms with Crippen LogP contribution in [0, 0.1) is 0 Å². The van der Waals surface area contributed by atoms with Crippen LogP contribution < -0.4 is 26.2 Å². The quantitative estimate of drug-likeness (QED) is 0.0840. The summed E-state index contributed by atoms with van der Waals surface area (Å²) in [6, 6.07) is 90.4. The van der Waals surface area contributed by atoms with Crippen molar-refractivity contribution in [2.24, 2.45) is 0 Å². The van der Waals surface area contributed by atoms with Gasteiger partial charge < -0.3 is 9.80 Å². The van der Waals surface area contributed by atoms with Crippen LogP contribution in [0.25, 0.3) is 55.6 Å². The zero-order chi connectivity index (χ0) is 46.8. The number of hydrogen-bond acceptors (Lipinski definition) is 2. The Morgan fingerprint density at radius 2 is 0.743 bits per heavy atom. The minimum absolute atomic E-state index is 0.0682. The third kappa shape index (κ3) is 7.92. The van der Waals surface area contributed by atoms with Gasteiger partial charge in [0.25, 0.3) is 6.71 Å². The van der Waals surface area contributed by atoms with Gasteiger partial charge in [0.1, 0.15) is 0 Å². The number of aryl methyl sites for hydroxylation is 1. The summed E-state index contributed by atoms with van der Waals surface area (Å²) in [5.41, 5.74) is 24.6. The fourth-order valence-electron chi connectivity index (χ4n) is 11.3. The Bertz CT molecular complexity index is 3390. The number of anilines is 6. The summed E-state index contributed by atoms with van der Waals surface area (Å²) in [4.78, 5) is 5.28. The van der Waals surface area contributed by atoms with E-state index in [1.165, 1.54) is 137 Å². The molecule has 3 heteroatoms. The number of rotatable bonds is 13. The van der Waals surface area contributed by atoms with Crippen LogP contribution in [0.1, 0.15) is 44.6 Å². The molecule has 0 unspecified atom stereocenters. The predicted molar refractivity (Wildman–Crippen MR) is 300 cm³/mol. The summed E-state index contributed by atoms with van der Waals surface area (Å²) in [6.07, 6.45) is 7.14. The van der Waals surface area contributed by atoms with Crippen molar-refractivity contribution >= 4 is 57.2 Å². The molecule has 0 aromatic heterocycles. The Kier molecular flexibility index (Phi) is 11.8. The molecule has 2 nitrogen and oxygen atoms in total. The minimum atomic E-state index is -0.0682. The normalized spacial score (nSPS) is 12.3. The lowest BCUT2D eigenvalue weighted by Crippen LogP contribution is -2.61. The highest BCUT2D eigenvalue weighted by molar-refractivity contribution is 7.00. The first-order valence-electron chi connectivity index (χ1n) is 25.3. The molecule has 0 N–H and O–H groups in total. The highest BCUT2D eigenvalue weighted by Crippen LogP contribution is 2.51. The zero-order valence-corrected chi connectivity index (χ0v) is 39.8. The number of nitrogens with zero attached hydrogens (tertiary/aromatic N) is 2. The van der Waals surface area contributed by atoms with Crippen LogP contribution in [0.3, 0.4) is 0 Å². The number of benzene rings is 10. The van der Waals surface area contributed by atoms with Gasteiger partial charge in [0.2, 0.25) is 0 Å². The molecule has 10 aromatic carbocycles. The van der Waals surface area contributed by atoms with Crippen molar-refractivity contribution < 1.29 is 0 Å². The smallest absolute Gasteiger partial charge is 0.252 e. The van der Waals surface area contributed by atoms with Crippen molar-refractivity contribution in [3.63, 3.8) is 0 Å². The molecule has 336 valence electrons. The van der Waals surface area contributed by atoms with E-state index in [0.29, 0.717) is 0 Å². The molecule has 12 rings (SSSR count). The average Bonchev–Trinajstić information content (AvgIpc) is 3.44. The van der Waals surface area contributed by atoms with E-state index in [4.69, 9.17) is 0 Å². The Morgan fingerprint density at radius 3 is 1.27 bits per heavy atom. The maximum Gasteiger partial charge on any atom is 0.252 e. The summed E-state index contributed by atoms with van der Waals surface area (Å²) in [5, 5.41) is 0. The second-order valence-electron chi connectivity index (χ2n) is 18.9. The molecule has 0 amide bonds. The summed E-state index contributed by atoms with van der Waals surface area (Å²) in [6.45, 7) is 2.24. The molecule has 0 atom stereocenters. The standard InChI is InChI=1S/C67H55BN2/c1-2-3-4-5-11-25-48-44-64-66-65(45-48)70(67-57(52-32-18-9-19-33-52)37-24-38-58(67)53-34-20-10-21-35-53)63-43-41-55(50-28-14-7-15-29-50)47-60(63)68(66)59-46-54(49-26-12-6-13-27-49)40-42-62(59)69(64)61-39-23-22-36-56(61)51-30-16-8-17-31-51/h6-10,12-24,26-47H,2-5,11,25H2,1H3. The Morgan fingerprint density at radius 1 is 0.314 bits per heavy atom. The Hall–Kier alpha value is -8.14. The van der Waals surface area contributed by atoms with E-state index in [1.807, 2.05) is 0 Å². The molecular formula is C67H55BN2. The van der Waals surface area contributed by atoms with Crippen molar-refractivity contribution in [2.75, 3.05) is 9.80 Å². The molecule has 0 saturated carbocycles. The maximum atomic E-state index is 2.66. The van der Waals surface area contributed by atoms with Gasteiger partial charge in [-0.3, -0.25) is 0 Å². The van der Waals surface area contributed by atoms with Crippen LogP contribution in [0.15, 0.2) is 243 Å². The van der Waals surface area contributed by atoms with Crippen LogP contribution >= 0.6 is 0 Å². The van der Waals surface area contributed by atoms with Gasteiger partial charge in [-0.05, 0) is 104 Å². The fourth-order valence-corrected chi connectivity index (χ4v) is 11.3. The molecule has 2 aliphatic heterocycles. The van der Waals surface area contributed by atoms with Crippen molar-refractivity contribution in [2.45, 2.75) is 45.4 Å². The van der Waals surface area contributed by atoms with E-state index in [-0.39, 0.29) is 6.71 Å². The third-order valence-electron chi connectivity index (χ3n) is 14.6. The van der Waals surface area contributed by atoms with Gasteiger partial charge in [0, 0.05) is 39.4 Å². The second kappa shape index (κ2) is 19.1. The molecule has 2 heterocycles. The van der Waals surface area contributed by atoms with Crippen LogP contribution in [0.2, 0.25) is 0 Å². The van der Waals surface area contributed by atoms with Crippen molar-refractivity contribution in [3.05, 3.63) is 248 Å². The first kappa shape index (κ1) is 43.2. The highest BCUT2D eigenvalue weighted by Gasteiger charge is 2.45. The van der Waals surface area contributed by atoms with Crippen LogP contribution in [-0.2, 0) is 6.42 Å². The van der Waals surface area contributed by atoms with E-state index in [1.54, 1.807) is 0 Å². The lowest BCUT2D eigenvalue weighted by Gasteiger charge is -2.45. The first-order valence-corrected chi connectivity index (χ1v) is 25.3. The molecule has 10 aromatic rings. The monoisotopic (exact) mass is 898 g/mol. The lowest BCUT2D eigenvalue weighted by atomic mass is 9.33. The Labute approximate surface area is 414 Å². The van der Waals surface area contributed by atoms with Crippen molar-refractivity contribution in [1.82, 2.24) is 0 Å². The van der Waals surface area contributed by atoms with Crippen LogP contribution in [-0.4, -0.2) is 6.71 Å². The summed E-state index contributed by atoms with van der Waals surface area (Å²) in [7, 11) is 0. The van der Waals surface area contributed by atoms with Crippen molar-refractivity contribution in [3.8, 4) is 55.6 Å². The highest BCUT2D eigenvalue weighted by atomic mass is 15.2. The fraction of sp³-hybridized carbons (Fsp3) is 0.104. The van der Waals surface area contributed by atoms with Crippen LogP contribution in [0.5, 0.6) is 0 Å². The summed E-state index contributed by atoms with van der Waals surface area (Å²) in [5.74, 6) is 0. The van der Waals surface area contributed by atoms with Crippen LogP contribution in [0.4, 0.5) is 34.1 Å². The minimum Gasteiger partial charge on any atom is -0.311 e. The van der Waals surface area contributed by atoms with Gasteiger partial charge in [-0.1, -0.05) is 245 Å². The average molecular weight is 899 g/mol. The molecular weight excluding hydrogens is 844 g/mol. The van der Waals surface area contributed by atoms with E-state index in [0.717, 1.165) is 12.8 Å². The zero-order valence-electron chi connectivity index (χ0n) is 39.8. The second-order valence-corrected chi connectivity index (χ2v) is 18.9. The Balaban J connectivity index is 1.21. The first-order chi connectivity index (χ1) is 34.7.